The van der Waals surface area contributed by atoms with E-state index >= 15 is 0 Å². The Bertz CT molecular complexity index is 281. The molecule has 2 fully saturated rings. The third kappa shape index (κ3) is 2.63. The van der Waals surface area contributed by atoms with Gasteiger partial charge in [-0.15, -0.1) is 0 Å². The van der Waals surface area contributed by atoms with Gasteiger partial charge in [0.1, 0.15) is 0 Å². The summed E-state index contributed by atoms with van der Waals surface area (Å²) in [5.74, 6) is 1.29. The number of fused-ring (bicyclic) bond motifs is 2. The number of carbonyl (C=O) groups excluding carboxylic acids is 1. The molecule has 0 heterocycles. The van der Waals surface area contributed by atoms with Crippen LogP contribution in [0, 0.1) is 17.8 Å². The van der Waals surface area contributed by atoms with Crippen molar-refractivity contribution in [3.63, 3.8) is 0 Å². The van der Waals surface area contributed by atoms with Gasteiger partial charge in [0.05, 0.1) is 12.0 Å². The van der Waals surface area contributed by atoms with Crippen LogP contribution in [0.3, 0.4) is 0 Å². The molecule has 0 radical (unpaired) electrons. The summed E-state index contributed by atoms with van der Waals surface area (Å²) in [5, 5.41) is 2.98. The second-order valence-electron chi connectivity index (χ2n) is 5.45. The van der Waals surface area contributed by atoms with Crippen molar-refractivity contribution in [1.82, 2.24) is 5.32 Å². The van der Waals surface area contributed by atoms with Crippen LogP contribution in [0.2, 0.25) is 0 Å². The van der Waals surface area contributed by atoms with Gasteiger partial charge in [0.2, 0.25) is 5.91 Å². The number of ether oxygens (including phenoxy) is 1. The molecule has 2 aliphatic carbocycles. The Labute approximate surface area is 103 Å². The van der Waals surface area contributed by atoms with Crippen molar-refractivity contribution in [3.8, 4) is 0 Å². The van der Waals surface area contributed by atoms with Crippen molar-refractivity contribution in [3.05, 3.63) is 0 Å². The first-order valence-corrected chi connectivity index (χ1v) is 6.78. The largest absolute Gasteiger partial charge is 0.377 e. The monoisotopic (exact) mass is 240 g/mol. The first kappa shape index (κ1) is 12.8. The lowest BCUT2D eigenvalue weighted by Crippen LogP contribution is -2.46. The molecule has 0 aromatic heterocycles. The van der Waals surface area contributed by atoms with E-state index in [4.69, 9.17) is 10.5 Å². The van der Waals surface area contributed by atoms with Crippen LogP contribution < -0.4 is 11.1 Å². The fourth-order valence-electron chi connectivity index (χ4n) is 3.43. The Morgan fingerprint density at radius 3 is 2.76 bits per heavy atom. The summed E-state index contributed by atoms with van der Waals surface area (Å²) in [6.45, 7) is 5.21. The molecule has 2 rings (SSSR count). The highest BCUT2D eigenvalue weighted by atomic mass is 16.5. The molecule has 98 valence electrons. The second kappa shape index (κ2) is 5.36. The Kier molecular flexibility index (Phi) is 4.05. The van der Waals surface area contributed by atoms with Crippen molar-refractivity contribution in [2.24, 2.45) is 23.5 Å². The molecule has 17 heavy (non-hydrogen) atoms. The van der Waals surface area contributed by atoms with Crippen LogP contribution in [-0.2, 0) is 9.53 Å². The van der Waals surface area contributed by atoms with Crippen LogP contribution in [0.1, 0.15) is 33.1 Å². The summed E-state index contributed by atoms with van der Waals surface area (Å²) in [6.07, 6.45) is 3.63. The van der Waals surface area contributed by atoms with E-state index in [9.17, 15) is 4.79 Å². The minimum Gasteiger partial charge on any atom is -0.377 e. The molecule has 2 aliphatic rings. The van der Waals surface area contributed by atoms with Crippen molar-refractivity contribution in [1.29, 1.82) is 0 Å². The number of hydrogen-bond acceptors (Lipinski definition) is 3. The highest BCUT2D eigenvalue weighted by molar-refractivity contribution is 5.80. The van der Waals surface area contributed by atoms with E-state index in [0.717, 1.165) is 6.42 Å². The summed E-state index contributed by atoms with van der Waals surface area (Å²) in [6, 6.07) is 0.0798. The number of rotatable bonds is 5. The van der Waals surface area contributed by atoms with E-state index < -0.39 is 0 Å². The van der Waals surface area contributed by atoms with Crippen molar-refractivity contribution >= 4 is 5.91 Å². The van der Waals surface area contributed by atoms with Crippen molar-refractivity contribution < 1.29 is 9.53 Å². The topological polar surface area (TPSA) is 64.3 Å². The van der Waals surface area contributed by atoms with E-state index in [2.05, 4.69) is 5.32 Å². The maximum absolute atomic E-state index is 12.1. The molecule has 4 nitrogen and oxygen atoms in total. The minimum absolute atomic E-state index is 0.0441. The summed E-state index contributed by atoms with van der Waals surface area (Å²) < 4.78 is 5.40. The average Bonchev–Trinajstić information content (AvgIpc) is 2.86. The normalized spacial score (nSPS) is 37.1. The summed E-state index contributed by atoms with van der Waals surface area (Å²) in [5.41, 5.74) is 6.14. The molecular weight excluding hydrogens is 216 g/mol. The van der Waals surface area contributed by atoms with Crippen LogP contribution in [0.25, 0.3) is 0 Å². The molecule has 0 saturated heterocycles. The number of amides is 1. The van der Waals surface area contributed by atoms with Gasteiger partial charge < -0.3 is 15.8 Å². The molecule has 1 amide bonds. The van der Waals surface area contributed by atoms with Gasteiger partial charge in [-0.25, -0.2) is 0 Å². The number of nitrogens with one attached hydrogen (secondary N) is 1. The van der Waals surface area contributed by atoms with Gasteiger partial charge in [-0.3, -0.25) is 4.79 Å². The Balaban J connectivity index is 1.80. The zero-order valence-electron chi connectivity index (χ0n) is 10.8. The molecule has 2 bridgehead atoms. The van der Waals surface area contributed by atoms with Gasteiger partial charge >= 0.3 is 0 Å². The molecule has 4 heteroatoms. The van der Waals surface area contributed by atoms with Gasteiger partial charge in [0, 0.05) is 19.2 Å². The highest BCUT2D eigenvalue weighted by Crippen LogP contribution is 2.47. The first-order valence-electron chi connectivity index (χ1n) is 6.78. The van der Waals surface area contributed by atoms with E-state index in [1.54, 1.807) is 0 Å². The Morgan fingerprint density at radius 1 is 1.47 bits per heavy atom. The zero-order valence-corrected chi connectivity index (χ0v) is 10.8. The van der Waals surface area contributed by atoms with Crippen molar-refractivity contribution in [2.45, 2.75) is 45.3 Å². The Hall–Kier alpha value is -0.610. The van der Waals surface area contributed by atoms with Crippen LogP contribution in [-0.4, -0.2) is 31.2 Å². The average molecular weight is 240 g/mol. The lowest BCUT2D eigenvalue weighted by molar-refractivity contribution is -0.127. The summed E-state index contributed by atoms with van der Waals surface area (Å²) >= 11 is 0. The second-order valence-corrected chi connectivity index (χ2v) is 5.45. The van der Waals surface area contributed by atoms with E-state index in [1.165, 1.54) is 12.8 Å². The molecule has 3 N–H and O–H groups in total. The van der Waals surface area contributed by atoms with Gasteiger partial charge in [0.15, 0.2) is 0 Å². The van der Waals surface area contributed by atoms with Gasteiger partial charge in [0.25, 0.3) is 0 Å². The number of hydrogen-bond donors (Lipinski definition) is 2. The molecule has 2 saturated carbocycles. The third-order valence-electron chi connectivity index (χ3n) is 4.30. The molecule has 0 spiro atoms. The molecular formula is C13H24N2O2. The van der Waals surface area contributed by atoms with Crippen LogP contribution >= 0.6 is 0 Å². The SMILES string of the molecule is CCOC(C)CNC(=O)C1C2CCC(C2)C1N. The lowest BCUT2D eigenvalue weighted by Gasteiger charge is -2.27. The van der Waals surface area contributed by atoms with Gasteiger partial charge in [-0.05, 0) is 44.9 Å². The fourth-order valence-corrected chi connectivity index (χ4v) is 3.43. The van der Waals surface area contributed by atoms with Crippen LogP contribution in [0.15, 0.2) is 0 Å². The maximum Gasteiger partial charge on any atom is 0.225 e. The van der Waals surface area contributed by atoms with Crippen LogP contribution in [0.5, 0.6) is 0 Å². The summed E-state index contributed by atoms with van der Waals surface area (Å²) in [4.78, 5) is 12.1. The zero-order chi connectivity index (χ0) is 12.4. The first-order chi connectivity index (χ1) is 8.13. The standard InChI is InChI=1S/C13H24N2O2/c1-3-17-8(2)7-15-13(16)11-9-4-5-10(6-9)12(11)14/h8-12H,3-7,14H2,1-2H3,(H,15,16). The van der Waals surface area contributed by atoms with E-state index in [1.807, 2.05) is 13.8 Å². The Morgan fingerprint density at radius 2 is 2.18 bits per heavy atom. The van der Waals surface area contributed by atoms with Crippen LogP contribution in [0.4, 0.5) is 0 Å². The smallest absolute Gasteiger partial charge is 0.225 e. The number of carbonyl (C=O) groups is 1. The van der Waals surface area contributed by atoms with Crippen molar-refractivity contribution in [2.75, 3.05) is 13.2 Å². The minimum atomic E-state index is 0.0441. The molecule has 5 unspecified atom stereocenters. The van der Waals surface area contributed by atoms with E-state index in [0.29, 0.717) is 25.0 Å². The quantitative estimate of drug-likeness (QED) is 0.750. The molecule has 0 aromatic rings. The van der Waals surface area contributed by atoms with Gasteiger partial charge in [-0.2, -0.15) is 0 Å². The number of nitrogens with two attached hydrogens (primary N) is 1. The van der Waals surface area contributed by atoms with E-state index in [-0.39, 0.29) is 24.0 Å². The summed E-state index contributed by atoms with van der Waals surface area (Å²) in [7, 11) is 0. The molecule has 5 atom stereocenters. The fraction of sp³-hybridized carbons (Fsp3) is 0.923. The highest BCUT2D eigenvalue weighted by Gasteiger charge is 2.48. The molecule has 0 aromatic carbocycles. The molecule has 0 aliphatic heterocycles. The van der Waals surface area contributed by atoms with Gasteiger partial charge in [-0.1, -0.05) is 0 Å². The predicted octanol–water partition coefficient (Wildman–Crippen LogP) is 0.901. The predicted molar refractivity (Wildman–Crippen MR) is 66.4 cm³/mol. The maximum atomic E-state index is 12.1. The third-order valence-corrected chi connectivity index (χ3v) is 4.30. The lowest BCUT2D eigenvalue weighted by atomic mass is 9.84.